The summed E-state index contributed by atoms with van der Waals surface area (Å²) < 4.78 is 11.0. The van der Waals surface area contributed by atoms with Gasteiger partial charge in [0, 0.05) is 12.0 Å². The first-order chi connectivity index (χ1) is 12.2. The van der Waals surface area contributed by atoms with Crippen molar-refractivity contribution in [2.45, 2.75) is 32.6 Å². The molecule has 0 aliphatic heterocycles. The van der Waals surface area contributed by atoms with Crippen molar-refractivity contribution in [3.05, 3.63) is 36.7 Å². The molecule has 0 saturated carbocycles. The third-order valence-corrected chi connectivity index (χ3v) is 3.97. The molecule has 0 aliphatic rings. The fourth-order valence-corrected chi connectivity index (χ4v) is 2.58. The molecule has 0 aliphatic carbocycles. The van der Waals surface area contributed by atoms with E-state index in [4.69, 9.17) is 9.15 Å². The highest BCUT2D eigenvalue weighted by Crippen LogP contribution is 2.30. The molecule has 6 heteroatoms. The minimum absolute atomic E-state index is 0.0411. The quantitative estimate of drug-likeness (QED) is 0.645. The van der Waals surface area contributed by atoms with Crippen molar-refractivity contribution in [2.75, 3.05) is 12.4 Å². The van der Waals surface area contributed by atoms with E-state index in [-0.39, 0.29) is 5.91 Å². The Hall–Kier alpha value is -2.89. The van der Waals surface area contributed by atoms with E-state index in [1.165, 1.54) is 6.33 Å². The highest BCUT2D eigenvalue weighted by atomic mass is 16.5. The lowest BCUT2D eigenvalue weighted by Gasteiger charge is -2.04. The number of methoxy groups -OCH3 is 1. The van der Waals surface area contributed by atoms with Crippen LogP contribution < -0.4 is 10.1 Å². The van der Waals surface area contributed by atoms with Gasteiger partial charge in [0.2, 0.25) is 11.6 Å². The van der Waals surface area contributed by atoms with Crippen LogP contribution >= 0.6 is 0 Å². The van der Waals surface area contributed by atoms with Crippen molar-refractivity contribution in [3.63, 3.8) is 0 Å². The lowest BCUT2D eigenvalue weighted by Crippen LogP contribution is -2.12. The van der Waals surface area contributed by atoms with E-state index >= 15 is 0 Å². The third kappa shape index (κ3) is 3.96. The van der Waals surface area contributed by atoms with Crippen LogP contribution in [0.15, 0.2) is 41.1 Å². The smallest absolute Gasteiger partial charge is 0.231 e. The molecule has 6 nitrogen and oxygen atoms in total. The van der Waals surface area contributed by atoms with Gasteiger partial charge in [-0.3, -0.25) is 4.79 Å². The van der Waals surface area contributed by atoms with E-state index in [1.54, 1.807) is 7.11 Å². The Balaban J connectivity index is 1.83. The molecule has 1 N–H and O–H groups in total. The Morgan fingerprint density at radius 1 is 1.20 bits per heavy atom. The molecule has 3 rings (SSSR count). The van der Waals surface area contributed by atoms with E-state index in [9.17, 15) is 4.79 Å². The Morgan fingerprint density at radius 2 is 2.00 bits per heavy atom. The zero-order valence-corrected chi connectivity index (χ0v) is 14.4. The molecule has 0 unspecified atom stereocenters. The van der Waals surface area contributed by atoms with Crippen LogP contribution in [0.5, 0.6) is 5.75 Å². The van der Waals surface area contributed by atoms with Crippen LogP contribution in [0.4, 0.5) is 5.82 Å². The number of aromatic nitrogens is 2. The Morgan fingerprint density at radius 3 is 2.72 bits per heavy atom. The standard InChI is InChI=1S/C19H21N3O3/c1-3-4-5-6-17(23)22-18-15-11-16(25-19(15)21-12-20-18)13-7-9-14(24-2)10-8-13/h7-12H,3-6H2,1-2H3,(H,20,21,22,23). The number of amides is 1. The Labute approximate surface area is 146 Å². The van der Waals surface area contributed by atoms with Gasteiger partial charge in [-0.1, -0.05) is 19.8 Å². The first-order valence-corrected chi connectivity index (χ1v) is 8.40. The SMILES string of the molecule is CCCCCC(=O)Nc1ncnc2oc(-c3ccc(OC)cc3)cc12. The molecular formula is C19H21N3O3. The number of hydrogen-bond acceptors (Lipinski definition) is 5. The van der Waals surface area contributed by atoms with Crippen LogP contribution in [0.1, 0.15) is 32.6 Å². The highest BCUT2D eigenvalue weighted by Gasteiger charge is 2.13. The molecule has 130 valence electrons. The summed E-state index contributed by atoms with van der Waals surface area (Å²) in [5.74, 6) is 1.88. The molecule has 0 fully saturated rings. The molecule has 2 aromatic heterocycles. The Kier molecular flexibility index (Phi) is 5.28. The molecule has 2 heterocycles. The van der Waals surface area contributed by atoms with Gasteiger partial charge < -0.3 is 14.5 Å². The third-order valence-electron chi connectivity index (χ3n) is 3.97. The van der Waals surface area contributed by atoms with E-state index in [2.05, 4.69) is 22.2 Å². The number of ether oxygens (including phenoxy) is 1. The molecule has 0 radical (unpaired) electrons. The fraction of sp³-hybridized carbons (Fsp3) is 0.316. The topological polar surface area (TPSA) is 77.3 Å². The van der Waals surface area contributed by atoms with Crippen molar-refractivity contribution >= 4 is 22.8 Å². The maximum absolute atomic E-state index is 12.1. The zero-order chi connectivity index (χ0) is 17.6. The largest absolute Gasteiger partial charge is 0.497 e. The van der Waals surface area contributed by atoms with Gasteiger partial charge in [-0.2, -0.15) is 0 Å². The summed E-state index contributed by atoms with van der Waals surface area (Å²) in [5, 5.41) is 3.55. The maximum atomic E-state index is 12.1. The fourth-order valence-electron chi connectivity index (χ4n) is 2.58. The van der Waals surface area contributed by atoms with Crippen LogP contribution in [0, 0.1) is 0 Å². The summed E-state index contributed by atoms with van der Waals surface area (Å²) in [6, 6.07) is 9.40. The minimum Gasteiger partial charge on any atom is -0.497 e. The summed E-state index contributed by atoms with van der Waals surface area (Å²) in [7, 11) is 1.63. The van der Waals surface area contributed by atoms with Gasteiger partial charge in [-0.15, -0.1) is 0 Å². The van der Waals surface area contributed by atoms with Crippen LogP contribution in [0.2, 0.25) is 0 Å². The van der Waals surface area contributed by atoms with Gasteiger partial charge in [0.25, 0.3) is 0 Å². The van der Waals surface area contributed by atoms with Crippen molar-refractivity contribution in [1.82, 2.24) is 9.97 Å². The number of hydrogen-bond donors (Lipinski definition) is 1. The van der Waals surface area contributed by atoms with Gasteiger partial charge >= 0.3 is 0 Å². The average Bonchev–Trinajstić information content (AvgIpc) is 3.07. The number of furan rings is 1. The second-order valence-electron chi connectivity index (χ2n) is 5.79. The maximum Gasteiger partial charge on any atom is 0.231 e. The zero-order valence-electron chi connectivity index (χ0n) is 14.4. The molecule has 1 aromatic carbocycles. The number of fused-ring (bicyclic) bond motifs is 1. The van der Waals surface area contributed by atoms with Gasteiger partial charge in [-0.05, 0) is 36.8 Å². The molecular weight excluding hydrogens is 318 g/mol. The number of nitrogens with zero attached hydrogens (tertiary/aromatic N) is 2. The average molecular weight is 339 g/mol. The van der Waals surface area contributed by atoms with E-state index in [1.807, 2.05) is 30.3 Å². The van der Waals surface area contributed by atoms with Crippen LogP contribution in [0.25, 0.3) is 22.4 Å². The molecule has 1 amide bonds. The van der Waals surface area contributed by atoms with Gasteiger partial charge in [0.1, 0.15) is 23.7 Å². The molecule has 0 saturated heterocycles. The summed E-state index contributed by atoms with van der Waals surface area (Å²) in [6.45, 7) is 2.11. The summed E-state index contributed by atoms with van der Waals surface area (Å²) in [4.78, 5) is 20.4. The number of benzene rings is 1. The second-order valence-corrected chi connectivity index (χ2v) is 5.79. The first kappa shape index (κ1) is 17.0. The van der Waals surface area contributed by atoms with Crippen molar-refractivity contribution in [2.24, 2.45) is 0 Å². The first-order valence-electron chi connectivity index (χ1n) is 8.40. The molecule has 0 bridgehead atoms. The minimum atomic E-state index is -0.0411. The van der Waals surface area contributed by atoms with Crippen LogP contribution in [-0.4, -0.2) is 23.0 Å². The Bertz CT molecular complexity index is 856. The number of anilines is 1. The lowest BCUT2D eigenvalue weighted by molar-refractivity contribution is -0.116. The summed E-state index contributed by atoms with van der Waals surface area (Å²) >= 11 is 0. The van der Waals surface area contributed by atoms with E-state index < -0.39 is 0 Å². The number of nitrogens with one attached hydrogen (secondary N) is 1. The predicted molar refractivity (Wildman–Crippen MR) is 96.6 cm³/mol. The number of unbranched alkanes of at least 4 members (excludes halogenated alkanes) is 2. The number of rotatable bonds is 7. The molecule has 0 spiro atoms. The monoisotopic (exact) mass is 339 g/mol. The normalized spacial score (nSPS) is 10.8. The molecule has 25 heavy (non-hydrogen) atoms. The van der Waals surface area contributed by atoms with Crippen molar-refractivity contribution < 1.29 is 13.9 Å². The van der Waals surface area contributed by atoms with Gasteiger partial charge in [0.15, 0.2) is 0 Å². The molecule has 3 aromatic rings. The van der Waals surface area contributed by atoms with Gasteiger partial charge in [0.05, 0.1) is 12.5 Å². The number of carbonyl (C=O) groups excluding carboxylic acids is 1. The predicted octanol–water partition coefficient (Wildman–Crippen LogP) is 4.42. The van der Waals surface area contributed by atoms with E-state index in [0.717, 1.165) is 30.6 Å². The lowest BCUT2D eigenvalue weighted by atomic mass is 10.1. The highest BCUT2D eigenvalue weighted by molar-refractivity contribution is 5.99. The van der Waals surface area contributed by atoms with Crippen molar-refractivity contribution in [3.8, 4) is 17.1 Å². The van der Waals surface area contributed by atoms with Crippen molar-refractivity contribution in [1.29, 1.82) is 0 Å². The summed E-state index contributed by atoms with van der Waals surface area (Å²) in [6.07, 6.45) is 4.88. The number of carbonyl (C=O) groups is 1. The van der Waals surface area contributed by atoms with E-state index in [0.29, 0.717) is 29.1 Å². The van der Waals surface area contributed by atoms with Gasteiger partial charge in [-0.25, -0.2) is 9.97 Å². The second kappa shape index (κ2) is 7.79. The van der Waals surface area contributed by atoms with Crippen LogP contribution in [0.3, 0.4) is 0 Å². The van der Waals surface area contributed by atoms with Crippen LogP contribution in [-0.2, 0) is 4.79 Å². The summed E-state index contributed by atoms with van der Waals surface area (Å²) in [5.41, 5.74) is 1.35. The molecule has 0 atom stereocenters.